The lowest BCUT2D eigenvalue weighted by Gasteiger charge is -2.49. The molecule has 0 spiro atoms. The van der Waals surface area contributed by atoms with E-state index in [0.29, 0.717) is 5.92 Å². The maximum Gasteiger partial charge on any atom is 0.225 e. The highest BCUT2D eigenvalue weighted by Crippen LogP contribution is 2.36. The first kappa shape index (κ1) is 17.8. The minimum absolute atomic E-state index is 0.0647. The Morgan fingerprint density at radius 2 is 1.96 bits per heavy atom. The fourth-order valence-electron chi connectivity index (χ4n) is 4.13. The lowest BCUT2D eigenvalue weighted by atomic mass is 9.83. The molecule has 3 heterocycles. The minimum Gasteiger partial charge on any atom is -0.364 e. The largest absolute Gasteiger partial charge is 0.364 e. The van der Waals surface area contributed by atoms with Gasteiger partial charge < -0.3 is 15.1 Å². The molecule has 2 unspecified atom stereocenters. The van der Waals surface area contributed by atoms with Crippen LogP contribution in [0.3, 0.4) is 0 Å². The van der Waals surface area contributed by atoms with Crippen LogP contribution >= 0.6 is 0 Å². The molecular weight excluding hydrogens is 338 g/mol. The van der Waals surface area contributed by atoms with Crippen molar-refractivity contribution in [2.75, 3.05) is 36.0 Å². The van der Waals surface area contributed by atoms with E-state index in [1.54, 1.807) is 12.4 Å². The summed E-state index contributed by atoms with van der Waals surface area (Å²) in [6.45, 7) is 7.45. The predicted octanol–water partition coefficient (Wildman–Crippen LogP) is 2.12. The lowest BCUT2D eigenvalue weighted by molar-refractivity contribution is -0.126. The molecule has 0 aliphatic carbocycles. The van der Waals surface area contributed by atoms with E-state index >= 15 is 0 Å². The Labute approximate surface area is 160 Å². The summed E-state index contributed by atoms with van der Waals surface area (Å²) in [6.07, 6.45) is 4.33. The number of nitrogens with zero attached hydrogens (tertiary/aromatic N) is 4. The number of para-hydroxylation sites is 1. The third kappa shape index (κ3) is 3.61. The van der Waals surface area contributed by atoms with E-state index in [-0.39, 0.29) is 17.9 Å². The SMILES string of the molecule is CC(C)CNC(=O)C1Cc2ccccc2N2CCN(c3ncccn3)CC12. The summed E-state index contributed by atoms with van der Waals surface area (Å²) in [5.74, 6) is 1.29. The molecule has 2 aromatic rings. The van der Waals surface area contributed by atoms with Gasteiger partial charge in [-0.1, -0.05) is 32.0 Å². The van der Waals surface area contributed by atoms with Gasteiger partial charge in [-0.2, -0.15) is 0 Å². The summed E-state index contributed by atoms with van der Waals surface area (Å²) < 4.78 is 0. The molecule has 1 fully saturated rings. The van der Waals surface area contributed by atoms with Crippen molar-refractivity contribution < 1.29 is 4.79 Å². The number of anilines is 2. The molecule has 1 N–H and O–H groups in total. The second-order valence-corrected chi connectivity index (χ2v) is 7.83. The van der Waals surface area contributed by atoms with Gasteiger partial charge in [-0.25, -0.2) is 9.97 Å². The average molecular weight is 365 g/mol. The fourth-order valence-corrected chi connectivity index (χ4v) is 4.13. The van der Waals surface area contributed by atoms with Crippen LogP contribution in [0.4, 0.5) is 11.6 Å². The number of benzene rings is 1. The Kier molecular flexibility index (Phi) is 4.97. The van der Waals surface area contributed by atoms with Crippen LogP contribution in [0.25, 0.3) is 0 Å². The van der Waals surface area contributed by atoms with Gasteiger partial charge in [0.15, 0.2) is 0 Å². The van der Waals surface area contributed by atoms with E-state index in [0.717, 1.165) is 38.5 Å². The van der Waals surface area contributed by atoms with Crippen LogP contribution in [-0.4, -0.2) is 48.1 Å². The molecule has 2 aliphatic heterocycles. The van der Waals surface area contributed by atoms with Crippen LogP contribution < -0.4 is 15.1 Å². The molecule has 6 nitrogen and oxygen atoms in total. The topological polar surface area (TPSA) is 61.4 Å². The highest BCUT2D eigenvalue weighted by Gasteiger charge is 2.41. The molecule has 1 aromatic carbocycles. The van der Waals surface area contributed by atoms with Gasteiger partial charge in [-0.15, -0.1) is 0 Å². The van der Waals surface area contributed by atoms with Gasteiger partial charge in [0.25, 0.3) is 0 Å². The monoisotopic (exact) mass is 365 g/mol. The molecule has 2 atom stereocenters. The van der Waals surface area contributed by atoms with Gasteiger partial charge in [0.1, 0.15) is 0 Å². The van der Waals surface area contributed by atoms with E-state index in [1.807, 2.05) is 6.07 Å². The maximum absolute atomic E-state index is 13.0. The smallest absolute Gasteiger partial charge is 0.225 e. The van der Waals surface area contributed by atoms with Gasteiger partial charge in [0.2, 0.25) is 11.9 Å². The second kappa shape index (κ2) is 7.55. The molecule has 1 amide bonds. The summed E-state index contributed by atoms with van der Waals surface area (Å²) >= 11 is 0. The molecule has 0 bridgehead atoms. The molecule has 142 valence electrons. The lowest BCUT2D eigenvalue weighted by Crippen LogP contribution is -2.61. The Bertz CT molecular complexity index is 794. The van der Waals surface area contributed by atoms with Crippen molar-refractivity contribution in [3.63, 3.8) is 0 Å². The summed E-state index contributed by atoms with van der Waals surface area (Å²) in [6, 6.07) is 10.4. The van der Waals surface area contributed by atoms with Crippen molar-refractivity contribution in [3.05, 3.63) is 48.3 Å². The maximum atomic E-state index is 13.0. The number of nitrogens with one attached hydrogen (secondary N) is 1. The van der Waals surface area contributed by atoms with Crippen LogP contribution in [0.5, 0.6) is 0 Å². The number of hydrogen-bond acceptors (Lipinski definition) is 5. The van der Waals surface area contributed by atoms with Gasteiger partial charge in [0, 0.05) is 44.3 Å². The summed E-state index contributed by atoms with van der Waals surface area (Å²) in [4.78, 5) is 26.5. The number of hydrogen-bond donors (Lipinski definition) is 1. The van der Waals surface area contributed by atoms with Crippen LogP contribution in [-0.2, 0) is 11.2 Å². The van der Waals surface area contributed by atoms with E-state index in [9.17, 15) is 4.79 Å². The zero-order valence-corrected chi connectivity index (χ0v) is 16.0. The fraction of sp³-hybridized carbons (Fsp3) is 0.476. The van der Waals surface area contributed by atoms with Gasteiger partial charge in [-0.3, -0.25) is 4.79 Å². The van der Waals surface area contributed by atoms with E-state index < -0.39 is 0 Å². The summed E-state index contributed by atoms with van der Waals surface area (Å²) in [5, 5.41) is 3.15. The summed E-state index contributed by atoms with van der Waals surface area (Å²) in [7, 11) is 0. The van der Waals surface area contributed by atoms with Gasteiger partial charge in [-0.05, 0) is 30.0 Å². The number of aromatic nitrogens is 2. The Hall–Kier alpha value is -2.63. The second-order valence-electron chi connectivity index (χ2n) is 7.83. The highest BCUT2D eigenvalue weighted by atomic mass is 16.1. The third-order valence-electron chi connectivity index (χ3n) is 5.48. The number of fused-ring (bicyclic) bond motifs is 3. The standard InChI is InChI=1S/C21H27N5O/c1-15(2)13-24-20(27)17-12-16-6-3-4-7-18(16)26-11-10-25(14-19(17)26)21-22-8-5-9-23-21/h3-9,15,17,19H,10-14H2,1-2H3,(H,24,27). The number of amides is 1. The molecule has 0 radical (unpaired) electrons. The molecular formula is C21H27N5O. The highest BCUT2D eigenvalue weighted by molar-refractivity contribution is 5.82. The van der Waals surface area contributed by atoms with Crippen molar-refractivity contribution in [1.29, 1.82) is 0 Å². The van der Waals surface area contributed by atoms with Crippen LogP contribution in [0, 0.1) is 11.8 Å². The van der Waals surface area contributed by atoms with Crippen molar-refractivity contribution in [1.82, 2.24) is 15.3 Å². The molecule has 4 rings (SSSR count). The minimum atomic E-state index is -0.0647. The zero-order valence-electron chi connectivity index (χ0n) is 16.0. The van der Waals surface area contributed by atoms with Gasteiger partial charge in [0.05, 0.1) is 12.0 Å². The third-order valence-corrected chi connectivity index (χ3v) is 5.48. The predicted molar refractivity (Wildman–Crippen MR) is 107 cm³/mol. The van der Waals surface area contributed by atoms with E-state index in [1.165, 1.54) is 11.3 Å². The van der Waals surface area contributed by atoms with E-state index in [4.69, 9.17) is 0 Å². The number of piperazine rings is 1. The molecule has 2 aliphatic rings. The van der Waals surface area contributed by atoms with Crippen molar-refractivity contribution in [2.24, 2.45) is 11.8 Å². The average Bonchev–Trinajstić information content (AvgIpc) is 2.71. The van der Waals surface area contributed by atoms with Crippen LogP contribution in [0.1, 0.15) is 19.4 Å². The molecule has 27 heavy (non-hydrogen) atoms. The number of rotatable bonds is 4. The summed E-state index contributed by atoms with van der Waals surface area (Å²) in [5.41, 5.74) is 2.53. The molecule has 6 heteroatoms. The first-order chi connectivity index (χ1) is 13.1. The number of carbonyl (C=O) groups is 1. The van der Waals surface area contributed by atoms with Crippen molar-refractivity contribution in [2.45, 2.75) is 26.3 Å². The molecule has 1 aromatic heterocycles. The Morgan fingerprint density at radius 1 is 1.19 bits per heavy atom. The normalized spacial score (nSPS) is 21.6. The van der Waals surface area contributed by atoms with Crippen LogP contribution in [0.15, 0.2) is 42.7 Å². The van der Waals surface area contributed by atoms with Crippen molar-refractivity contribution in [3.8, 4) is 0 Å². The molecule has 0 saturated carbocycles. The Balaban J connectivity index is 1.61. The zero-order chi connectivity index (χ0) is 18.8. The van der Waals surface area contributed by atoms with E-state index in [2.05, 4.69) is 63.2 Å². The number of carbonyl (C=O) groups excluding carboxylic acids is 1. The van der Waals surface area contributed by atoms with Gasteiger partial charge >= 0.3 is 0 Å². The van der Waals surface area contributed by atoms with Crippen molar-refractivity contribution >= 4 is 17.5 Å². The van der Waals surface area contributed by atoms with Crippen LogP contribution in [0.2, 0.25) is 0 Å². The quantitative estimate of drug-likeness (QED) is 0.899. The Morgan fingerprint density at radius 3 is 2.74 bits per heavy atom. The first-order valence-corrected chi connectivity index (χ1v) is 9.77. The first-order valence-electron chi connectivity index (χ1n) is 9.77. The molecule has 1 saturated heterocycles.